The molecule has 11 heavy (non-hydrogen) atoms. The van der Waals surface area contributed by atoms with Gasteiger partial charge in [0.15, 0.2) is 10.5 Å². The Morgan fingerprint density at radius 2 is 1.91 bits per heavy atom. The lowest BCUT2D eigenvalue weighted by Crippen LogP contribution is -2.32. The lowest BCUT2D eigenvalue weighted by molar-refractivity contribution is -0.137. The van der Waals surface area contributed by atoms with E-state index in [9.17, 15) is 9.59 Å². The molecule has 0 saturated carbocycles. The van der Waals surface area contributed by atoms with Crippen LogP contribution in [0.4, 0.5) is 0 Å². The van der Waals surface area contributed by atoms with Crippen molar-refractivity contribution in [2.75, 3.05) is 13.2 Å². The molecule has 0 aromatic rings. The van der Waals surface area contributed by atoms with Crippen LogP contribution in [-0.2, 0) is 14.0 Å². The molecule has 59 valence electrons. The van der Waals surface area contributed by atoms with Crippen LogP contribution in [0.25, 0.3) is 0 Å². The van der Waals surface area contributed by atoms with E-state index in [-0.39, 0.29) is 11.8 Å². The summed E-state index contributed by atoms with van der Waals surface area (Å²) in [6, 6.07) is 0. The molecular weight excluding hydrogens is 162 g/mol. The van der Waals surface area contributed by atoms with Crippen LogP contribution in [0.2, 0.25) is 0 Å². The highest BCUT2D eigenvalue weighted by atomic mass is 28.2. The Morgan fingerprint density at radius 1 is 1.36 bits per heavy atom. The molecule has 1 aliphatic rings. The maximum atomic E-state index is 10.9. The molecule has 0 fully saturated rings. The van der Waals surface area contributed by atoms with Crippen LogP contribution in [0.5, 0.6) is 0 Å². The molecule has 0 aliphatic carbocycles. The second kappa shape index (κ2) is 3.45. The van der Waals surface area contributed by atoms with Gasteiger partial charge in [0.25, 0.3) is 11.8 Å². The monoisotopic (exact) mass is 170 g/mol. The molecule has 1 rings (SSSR count). The molecule has 0 bridgehead atoms. The molecule has 0 aromatic heterocycles. The van der Waals surface area contributed by atoms with Crippen LogP contribution >= 0.6 is 0 Å². The van der Waals surface area contributed by atoms with Crippen molar-refractivity contribution >= 4 is 22.3 Å². The molecule has 1 heterocycles. The predicted octanol–water partition coefficient (Wildman–Crippen LogP) is -1.52. The van der Waals surface area contributed by atoms with Crippen LogP contribution in [0.3, 0.4) is 0 Å². The first-order chi connectivity index (χ1) is 5.25. The Labute approximate surface area is 67.4 Å². The van der Waals surface area contributed by atoms with Crippen molar-refractivity contribution in [3.63, 3.8) is 0 Å². The Bertz CT molecular complexity index is 196. The largest absolute Gasteiger partial charge is 0.423 e. The first-order valence-electron chi connectivity index (χ1n) is 3.16. The minimum absolute atomic E-state index is 0.254. The second-order valence-electron chi connectivity index (χ2n) is 2.07. The summed E-state index contributed by atoms with van der Waals surface area (Å²) in [5.74, 6) is -0.509. The van der Waals surface area contributed by atoms with Gasteiger partial charge in [-0.3, -0.25) is 14.5 Å². The van der Waals surface area contributed by atoms with Crippen LogP contribution in [0.15, 0.2) is 12.2 Å². The van der Waals surface area contributed by atoms with Crippen molar-refractivity contribution < 1.29 is 14.0 Å². The molecule has 0 N–H and O–H groups in total. The van der Waals surface area contributed by atoms with E-state index in [0.29, 0.717) is 13.2 Å². The molecular formula is C6H8NO3Si. The number of nitrogens with zero attached hydrogens (tertiary/aromatic N) is 1. The Balaban J connectivity index is 2.46. The first kappa shape index (κ1) is 8.16. The van der Waals surface area contributed by atoms with Crippen molar-refractivity contribution in [1.29, 1.82) is 0 Å². The number of hydrogen-bond donors (Lipinski definition) is 0. The maximum absolute atomic E-state index is 10.9. The van der Waals surface area contributed by atoms with E-state index in [0.717, 1.165) is 4.90 Å². The molecule has 2 amide bonds. The second-order valence-corrected chi connectivity index (χ2v) is 2.48. The summed E-state index contributed by atoms with van der Waals surface area (Å²) in [6.07, 6.45) is 2.53. The molecule has 5 heteroatoms. The SMILES string of the molecule is O=C1C=CC(=O)N1CCO[SiH2]. The normalized spacial score (nSPS) is 16.6. The van der Waals surface area contributed by atoms with Crippen molar-refractivity contribution in [3.05, 3.63) is 12.2 Å². The van der Waals surface area contributed by atoms with Gasteiger partial charge in [0.1, 0.15) is 0 Å². The van der Waals surface area contributed by atoms with E-state index < -0.39 is 0 Å². The molecule has 1 radical (unpaired) electrons. The van der Waals surface area contributed by atoms with Gasteiger partial charge in [0.2, 0.25) is 0 Å². The first-order valence-corrected chi connectivity index (χ1v) is 3.74. The number of carbonyl (C=O) groups is 2. The highest BCUT2D eigenvalue weighted by molar-refractivity contribution is 6.12. The highest BCUT2D eigenvalue weighted by Gasteiger charge is 2.21. The zero-order valence-electron chi connectivity index (χ0n) is 5.95. The van der Waals surface area contributed by atoms with Gasteiger partial charge in [0, 0.05) is 12.2 Å². The fourth-order valence-electron chi connectivity index (χ4n) is 0.807. The van der Waals surface area contributed by atoms with Gasteiger partial charge in [-0.25, -0.2) is 0 Å². The van der Waals surface area contributed by atoms with Gasteiger partial charge in [-0.15, -0.1) is 0 Å². The summed E-state index contributed by atoms with van der Waals surface area (Å²) < 4.78 is 4.75. The maximum Gasteiger partial charge on any atom is 0.253 e. The number of amides is 2. The van der Waals surface area contributed by atoms with Crippen molar-refractivity contribution in [3.8, 4) is 0 Å². The van der Waals surface area contributed by atoms with E-state index >= 15 is 0 Å². The number of hydrogen-bond acceptors (Lipinski definition) is 3. The van der Waals surface area contributed by atoms with E-state index in [2.05, 4.69) is 0 Å². The summed E-state index contributed by atoms with van der Waals surface area (Å²) in [5, 5.41) is 0. The van der Waals surface area contributed by atoms with Crippen molar-refractivity contribution in [2.45, 2.75) is 0 Å². The van der Waals surface area contributed by atoms with Crippen molar-refractivity contribution in [2.24, 2.45) is 0 Å². The third-order valence-corrected chi connectivity index (χ3v) is 1.65. The topological polar surface area (TPSA) is 46.6 Å². The lowest BCUT2D eigenvalue weighted by atomic mass is 10.5. The highest BCUT2D eigenvalue weighted by Crippen LogP contribution is 2.01. The molecule has 0 spiro atoms. The van der Waals surface area contributed by atoms with Gasteiger partial charge in [-0.2, -0.15) is 0 Å². The Morgan fingerprint density at radius 3 is 2.36 bits per heavy atom. The van der Waals surface area contributed by atoms with Gasteiger partial charge in [-0.1, -0.05) is 0 Å². The number of imide groups is 1. The van der Waals surface area contributed by atoms with Crippen LogP contribution < -0.4 is 0 Å². The molecule has 1 aliphatic heterocycles. The molecule has 0 aromatic carbocycles. The van der Waals surface area contributed by atoms with Gasteiger partial charge < -0.3 is 4.43 Å². The summed E-state index contributed by atoms with van der Waals surface area (Å²) in [4.78, 5) is 22.9. The van der Waals surface area contributed by atoms with Gasteiger partial charge >= 0.3 is 0 Å². The standard InChI is InChI=1S/C6H8NO3Si/c8-5-1-2-6(9)7(5)3-4-10-11/h1-2H,3-4,11H2. The Hall–Kier alpha value is -0.943. The average molecular weight is 170 g/mol. The van der Waals surface area contributed by atoms with Gasteiger partial charge in [-0.05, 0) is 0 Å². The average Bonchev–Trinajstić information content (AvgIpc) is 2.29. The van der Waals surface area contributed by atoms with E-state index in [4.69, 9.17) is 4.43 Å². The lowest BCUT2D eigenvalue weighted by Gasteiger charge is -2.11. The zero-order chi connectivity index (χ0) is 8.27. The van der Waals surface area contributed by atoms with Crippen LogP contribution in [0.1, 0.15) is 0 Å². The third kappa shape index (κ3) is 1.75. The predicted molar refractivity (Wildman–Crippen MR) is 40.4 cm³/mol. The Kier molecular flexibility index (Phi) is 2.56. The zero-order valence-corrected chi connectivity index (χ0v) is 7.36. The van der Waals surface area contributed by atoms with Crippen LogP contribution in [0, 0.1) is 0 Å². The van der Waals surface area contributed by atoms with E-state index in [1.54, 1.807) is 0 Å². The number of rotatable bonds is 3. The quantitative estimate of drug-likeness (QED) is 0.381. The minimum atomic E-state index is -0.254. The molecule has 0 atom stereocenters. The van der Waals surface area contributed by atoms with E-state index in [1.807, 2.05) is 0 Å². The molecule has 4 nitrogen and oxygen atoms in total. The fraction of sp³-hybridized carbons (Fsp3) is 0.333. The smallest absolute Gasteiger partial charge is 0.253 e. The summed E-state index contributed by atoms with van der Waals surface area (Å²) in [5.41, 5.74) is 0. The van der Waals surface area contributed by atoms with Gasteiger partial charge in [0.05, 0.1) is 13.2 Å². The third-order valence-electron chi connectivity index (χ3n) is 1.36. The number of carbonyl (C=O) groups excluding carboxylic acids is 2. The fourth-order valence-corrected chi connectivity index (χ4v) is 0.936. The summed E-state index contributed by atoms with van der Waals surface area (Å²) in [6.45, 7) is 0.742. The molecule has 0 unspecified atom stereocenters. The van der Waals surface area contributed by atoms with E-state index in [1.165, 1.54) is 22.6 Å². The van der Waals surface area contributed by atoms with Crippen LogP contribution in [-0.4, -0.2) is 40.4 Å². The minimum Gasteiger partial charge on any atom is -0.423 e. The van der Waals surface area contributed by atoms with Crippen molar-refractivity contribution in [1.82, 2.24) is 4.90 Å². The summed E-state index contributed by atoms with van der Waals surface area (Å²) in [7, 11) is 1.35. The molecule has 0 saturated heterocycles. The summed E-state index contributed by atoms with van der Waals surface area (Å²) >= 11 is 0.